The molecule has 0 fully saturated rings. The van der Waals surface area contributed by atoms with E-state index in [-0.39, 0.29) is 6.04 Å². The zero-order valence-corrected chi connectivity index (χ0v) is 13.2. The number of nitrogens with one attached hydrogen (secondary N) is 1. The third kappa shape index (κ3) is 4.13. The summed E-state index contributed by atoms with van der Waals surface area (Å²) in [6.45, 7) is 8.87. The van der Waals surface area contributed by atoms with Crippen molar-refractivity contribution in [3.05, 3.63) is 20.3 Å². The van der Waals surface area contributed by atoms with Crippen molar-refractivity contribution >= 4 is 34.5 Å². The van der Waals surface area contributed by atoms with Gasteiger partial charge in [-0.3, -0.25) is 0 Å². The first-order valence-electron chi connectivity index (χ1n) is 6.20. The molecule has 1 aromatic rings. The van der Waals surface area contributed by atoms with Crippen LogP contribution in [0.5, 0.6) is 0 Å². The van der Waals surface area contributed by atoms with Crippen LogP contribution in [0.2, 0.25) is 8.67 Å². The van der Waals surface area contributed by atoms with Gasteiger partial charge in [0.25, 0.3) is 0 Å². The maximum absolute atomic E-state index is 6.16. The lowest BCUT2D eigenvalue weighted by Gasteiger charge is -2.26. The summed E-state index contributed by atoms with van der Waals surface area (Å²) in [6.07, 6.45) is 2.41. The molecule has 1 nitrogen and oxygen atoms in total. The summed E-state index contributed by atoms with van der Waals surface area (Å²) in [5.41, 5.74) is 1.11. The first-order valence-corrected chi connectivity index (χ1v) is 7.77. The van der Waals surface area contributed by atoms with Crippen molar-refractivity contribution in [2.24, 2.45) is 5.92 Å². The average molecular weight is 294 g/mol. The van der Waals surface area contributed by atoms with Gasteiger partial charge in [-0.05, 0) is 31.4 Å². The van der Waals surface area contributed by atoms with Gasteiger partial charge >= 0.3 is 0 Å². The van der Waals surface area contributed by atoms with Crippen LogP contribution in [0.15, 0.2) is 6.07 Å². The highest BCUT2D eigenvalue weighted by Crippen LogP contribution is 2.35. The first-order chi connectivity index (χ1) is 7.99. The monoisotopic (exact) mass is 293 g/mol. The van der Waals surface area contributed by atoms with Crippen molar-refractivity contribution in [1.82, 2.24) is 5.32 Å². The molecule has 0 saturated carbocycles. The molecule has 0 aliphatic carbocycles. The molecule has 0 aliphatic heterocycles. The minimum absolute atomic E-state index is 0.252. The van der Waals surface area contributed by atoms with Gasteiger partial charge in [-0.1, -0.05) is 49.9 Å². The van der Waals surface area contributed by atoms with E-state index < -0.39 is 0 Å². The van der Waals surface area contributed by atoms with Crippen LogP contribution in [0.25, 0.3) is 0 Å². The predicted octanol–water partition coefficient (Wildman–Crippen LogP) is 5.53. The minimum atomic E-state index is 0.252. The highest BCUT2D eigenvalue weighted by molar-refractivity contribution is 7.20. The Bertz CT molecular complexity index is 347. The molecule has 0 aromatic carbocycles. The molecule has 0 bridgehead atoms. The normalized spacial score (nSPS) is 15.2. The van der Waals surface area contributed by atoms with E-state index in [1.165, 1.54) is 24.2 Å². The van der Waals surface area contributed by atoms with E-state index >= 15 is 0 Å². The van der Waals surface area contributed by atoms with E-state index in [9.17, 15) is 0 Å². The molecular formula is C13H21Cl2NS. The molecule has 1 aromatic heterocycles. The Morgan fingerprint density at radius 3 is 2.24 bits per heavy atom. The van der Waals surface area contributed by atoms with Crippen LogP contribution < -0.4 is 5.32 Å². The number of rotatable bonds is 6. The quantitative estimate of drug-likeness (QED) is 0.727. The molecule has 0 amide bonds. The molecule has 2 atom stereocenters. The number of halogens is 2. The summed E-state index contributed by atoms with van der Waals surface area (Å²) >= 11 is 13.6. The lowest BCUT2D eigenvalue weighted by molar-refractivity contribution is 0.330. The second kappa shape index (κ2) is 6.98. The molecule has 1 N–H and O–H groups in total. The van der Waals surface area contributed by atoms with Crippen LogP contribution >= 0.6 is 34.5 Å². The van der Waals surface area contributed by atoms with Gasteiger partial charge in [0.1, 0.15) is 0 Å². The fourth-order valence-corrected chi connectivity index (χ4v) is 3.91. The summed E-state index contributed by atoms with van der Waals surface area (Å²) in [4.78, 5) is 0. The van der Waals surface area contributed by atoms with Crippen LogP contribution in [0.4, 0.5) is 0 Å². The van der Waals surface area contributed by atoms with Gasteiger partial charge in [0, 0.05) is 12.1 Å². The molecule has 17 heavy (non-hydrogen) atoms. The first kappa shape index (κ1) is 15.3. The van der Waals surface area contributed by atoms with Crippen molar-refractivity contribution in [1.29, 1.82) is 0 Å². The minimum Gasteiger partial charge on any atom is -0.307 e. The summed E-state index contributed by atoms with van der Waals surface area (Å²) in [5.74, 6) is 0.713. The summed E-state index contributed by atoms with van der Waals surface area (Å²) < 4.78 is 1.56. The standard InChI is InChI=1S/C13H21Cl2NS/c1-5-10(6-2)8(3)16-9(4)11-7-12(14)17-13(11)15/h7-10,16H,5-6H2,1-4H3. The van der Waals surface area contributed by atoms with E-state index in [2.05, 4.69) is 33.0 Å². The lowest BCUT2D eigenvalue weighted by Crippen LogP contribution is -2.34. The molecule has 1 heterocycles. The maximum atomic E-state index is 6.16. The summed E-state index contributed by atoms with van der Waals surface area (Å²) in [6, 6.07) is 2.71. The molecule has 0 aliphatic rings. The fourth-order valence-electron chi connectivity index (χ4n) is 2.26. The maximum Gasteiger partial charge on any atom is 0.0991 e. The Labute approximate surface area is 119 Å². The van der Waals surface area contributed by atoms with Crippen LogP contribution in [0.1, 0.15) is 52.1 Å². The van der Waals surface area contributed by atoms with E-state index in [0.717, 1.165) is 14.2 Å². The van der Waals surface area contributed by atoms with Gasteiger partial charge in [0.05, 0.1) is 8.67 Å². The van der Waals surface area contributed by atoms with Crippen LogP contribution in [0.3, 0.4) is 0 Å². The Hall–Kier alpha value is 0.240. The average Bonchev–Trinajstić information content (AvgIpc) is 2.59. The third-order valence-electron chi connectivity index (χ3n) is 3.42. The topological polar surface area (TPSA) is 12.0 Å². The number of hydrogen-bond acceptors (Lipinski definition) is 2. The molecule has 98 valence electrons. The van der Waals surface area contributed by atoms with Crippen molar-refractivity contribution < 1.29 is 0 Å². The Balaban J connectivity index is 2.65. The van der Waals surface area contributed by atoms with Gasteiger partial charge in [-0.2, -0.15) is 0 Å². The zero-order valence-electron chi connectivity index (χ0n) is 10.9. The molecule has 0 radical (unpaired) electrons. The Morgan fingerprint density at radius 2 is 1.82 bits per heavy atom. The van der Waals surface area contributed by atoms with E-state index in [0.29, 0.717) is 12.0 Å². The highest BCUT2D eigenvalue weighted by atomic mass is 35.5. The van der Waals surface area contributed by atoms with Crippen molar-refractivity contribution in [2.75, 3.05) is 0 Å². The van der Waals surface area contributed by atoms with Gasteiger partial charge < -0.3 is 5.32 Å². The van der Waals surface area contributed by atoms with Crippen LogP contribution in [-0.2, 0) is 0 Å². The van der Waals surface area contributed by atoms with E-state index in [4.69, 9.17) is 23.2 Å². The second-order valence-corrected chi connectivity index (χ2v) is 6.82. The van der Waals surface area contributed by atoms with Crippen molar-refractivity contribution in [3.8, 4) is 0 Å². The molecule has 0 spiro atoms. The van der Waals surface area contributed by atoms with Crippen LogP contribution in [-0.4, -0.2) is 6.04 Å². The Kier molecular flexibility index (Phi) is 6.28. The largest absolute Gasteiger partial charge is 0.307 e. The molecule has 4 heteroatoms. The van der Waals surface area contributed by atoms with Gasteiger partial charge in [-0.25, -0.2) is 0 Å². The zero-order chi connectivity index (χ0) is 13.0. The summed E-state index contributed by atoms with van der Waals surface area (Å²) in [7, 11) is 0. The number of thiophene rings is 1. The second-order valence-electron chi connectivity index (χ2n) is 4.53. The van der Waals surface area contributed by atoms with Gasteiger partial charge in [0.2, 0.25) is 0 Å². The fraction of sp³-hybridized carbons (Fsp3) is 0.692. The van der Waals surface area contributed by atoms with Gasteiger partial charge in [-0.15, -0.1) is 11.3 Å². The van der Waals surface area contributed by atoms with E-state index in [1.54, 1.807) is 0 Å². The predicted molar refractivity (Wildman–Crippen MR) is 79.4 cm³/mol. The van der Waals surface area contributed by atoms with Crippen molar-refractivity contribution in [3.63, 3.8) is 0 Å². The number of hydrogen-bond donors (Lipinski definition) is 1. The smallest absolute Gasteiger partial charge is 0.0991 e. The van der Waals surface area contributed by atoms with Crippen molar-refractivity contribution in [2.45, 2.75) is 52.6 Å². The van der Waals surface area contributed by atoms with Gasteiger partial charge in [0.15, 0.2) is 0 Å². The van der Waals surface area contributed by atoms with Crippen LogP contribution in [0, 0.1) is 5.92 Å². The molecule has 2 unspecified atom stereocenters. The lowest BCUT2D eigenvalue weighted by atomic mass is 9.94. The molecular weight excluding hydrogens is 273 g/mol. The van der Waals surface area contributed by atoms with E-state index in [1.807, 2.05) is 6.07 Å². The Morgan fingerprint density at radius 1 is 1.24 bits per heavy atom. The SMILES string of the molecule is CCC(CC)C(C)NC(C)c1cc(Cl)sc1Cl. The third-order valence-corrected chi connectivity index (χ3v) is 4.94. The molecule has 1 rings (SSSR count). The summed E-state index contributed by atoms with van der Waals surface area (Å²) in [5, 5.41) is 3.62. The molecule has 0 saturated heterocycles. The highest BCUT2D eigenvalue weighted by Gasteiger charge is 2.19.